The summed E-state index contributed by atoms with van der Waals surface area (Å²) in [4.78, 5) is 50.1. The van der Waals surface area contributed by atoms with Crippen molar-refractivity contribution in [2.75, 3.05) is 18.6 Å². The summed E-state index contributed by atoms with van der Waals surface area (Å²) in [5.74, 6) is -1.97. The Morgan fingerprint density at radius 3 is 2.38 bits per heavy atom. The summed E-state index contributed by atoms with van der Waals surface area (Å²) in [6.07, 6.45) is 1.32. The van der Waals surface area contributed by atoms with Crippen molar-refractivity contribution in [1.82, 2.24) is 5.32 Å². The van der Waals surface area contributed by atoms with Gasteiger partial charge in [-0.3, -0.25) is 14.9 Å². The van der Waals surface area contributed by atoms with Crippen molar-refractivity contribution in [3.05, 3.63) is 62.1 Å². The molecule has 3 rings (SSSR count). The van der Waals surface area contributed by atoms with E-state index in [0.29, 0.717) is 15.7 Å². The first kappa shape index (κ1) is 23.5. The molecule has 0 saturated carbocycles. The number of carbonyl (C=O) groups is 4. The molecule has 10 heteroatoms. The van der Waals surface area contributed by atoms with Crippen LogP contribution in [-0.4, -0.2) is 37.5 Å². The third kappa shape index (κ3) is 5.00. The third-order valence-electron chi connectivity index (χ3n) is 4.46. The number of barbiturate groups is 1. The number of benzene rings is 2. The number of aryl methyl sites for hydroxylation is 2. The van der Waals surface area contributed by atoms with E-state index in [1.165, 1.54) is 19.3 Å². The second kappa shape index (κ2) is 9.54. The van der Waals surface area contributed by atoms with Crippen molar-refractivity contribution < 1.29 is 28.7 Å². The molecule has 0 aromatic heterocycles. The Hall–Kier alpha value is -3.17. The van der Waals surface area contributed by atoms with Gasteiger partial charge in [0, 0.05) is 0 Å². The van der Waals surface area contributed by atoms with Crippen LogP contribution < -0.4 is 15.0 Å². The number of ether oxygens (including phenoxy) is 2. The number of halogens is 2. The second-order valence-electron chi connectivity index (χ2n) is 6.98. The Labute approximate surface area is 197 Å². The lowest BCUT2D eigenvalue weighted by Crippen LogP contribution is -2.54. The molecule has 1 fully saturated rings. The number of amides is 4. The highest BCUT2D eigenvalue weighted by atomic mass is 79.9. The number of esters is 1. The predicted molar refractivity (Wildman–Crippen MR) is 122 cm³/mol. The number of nitrogens with one attached hydrogen (secondary N) is 1. The maximum absolute atomic E-state index is 13.1. The number of carbonyl (C=O) groups excluding carboxylic acids is 4. The Kier molecular flexibility index (Phi) is 7.00. The van der Waals surface area contributed by atoms with E-state index in [1.807, 2.05) is 19.9 Å². The van der Waals surface area contributed by atoms with Crippen LogP contribution in [-0.2, 0) is 19.1 Å². The first-order valence-electron chi connectivity index (χ1n) is 9.29. The van der Waals surface area contributed by atoms with Crippen molar-refractivity contribution >= 4 is 63.1 Å². The van der Waals surface area contributed by atoms with Crippen molar-refractivity contribution in [2.45, 2.75) is 13.8 Å². The Morgan fingerprint density at radius 2 is 1.78 bits per heavy atom. The maximum atomic E-state index is 13.1. The van der Waals surface area contributed by atoms with Gasteiger partial charge in [-0.1, -0.05) is 17.7 Å². The molecule has 1 N–H and O–H groups in total. The molecule has 1 aliphatic heterocycles. The standard InChI is InChI=1S/C22H18BrClN2O6/c1-11-4-12(2)6-14(5-11)26-21(29)15(20(28)25-22(26)30)7-13-8-16(23)19(17(24)9-13)32-10-18(27)31-3/h4-9H,10H2,1-3H3,(H,25,28,30)/b15-7+. The lowest BCUT2D eigenvalue weighted by Gasteiger charge is -2.27. The summed E-state index contributed by atoms with van der Waals surface area (Å²) in [7, 11) is 1.23. The smallest absolute Gasteiger partial charge is 0.343 e. The van der Waals surface area contributed by atoms with E-state index < -0.39 is 23.8 Å². The van der Waals surface area contributed by atoms with Crippen LogP contribution in [0.4, 0.5) is 10.5 Å². The minimum atomic E-state index is -0.826. The minimum Gasteiger partial charge on any atom is -0.479 e. The predicted octanol–water partition coefficient (Wildman–Crippen LogP) is 3.94. The molecule has 8 nitrogen and oxygen atoms in total. The van der Waals surface area contributed by atoms with Gasteiger partial charge in [0.1, 0.15) is 5.57 Å². The van der Waals surface area contributed by atoms with Crippen LogP contribution in [0.3, 0.4) is 0 Å². The molecule has 0 unspecified atom stereocenters. The van der Waals surface area contributed by atoms with Gasteiger partial charge in [-0.2, -0.15) is 0 Å². The lowest BCUT2D eigenvalue weighted by molar-refractivity contribution is -0.143. The number of imide groups is 2. The number of hydrogen-bond donors (Lipinski definition) is 1. The van der Waals surface area contributed by atoms with Crippen LogP contribution in [0, 0.1) is 13.8 Å². The molecule has 0 atom stereocenters. The van der Waals surface area contributed by atoms with Gasteiger partial charge in [0.05, 0.1) is 22.3 Å². The van der Waals surface area contributed by atoms with Gasteiger partial charge in [-0.25, -0.2) is 14.5 Å². The quantitative estimate of drug-likeness (QED) is 0.363. The minimum absolute atomic E-state index is 0.140. The largest absolute Gasteiger partial charge is 0.479 e. The highest BCUT2D eigenvalue weighted by Gasteiger charge is 2.37. The molecule has 0 spiro atoms. The van der Waals surface area contributed by atoms with Gasteiger partial charge in [0.25, 0.3) is 11.8 Å². The lowest BCUT2D eigenvalue weighted by atomic mass is 10.1. The van der Waals surface area contributed by atoms with Gasteiger partial charge in [0.15, 0.2) is 12.4 Å². The van der Waals surface area contributed by atoms with Crippen molar-refractivity contribution in [1.29, 1.82) is 0 Å². The SMILES string of the molecule is COC(=O)COc1c(Cl)cc(/C=C2\C(=O)NC(=O)N(c3cc(C)cc(C)c3)C2=O)cc1Br. The molecule has 32 heavy (non-hydrogen) atoms. The number of rotatable bonds is 5. The molecule has 166 valence electrons. The molecule has 1 aliphatic rings. The maximum Gasteiger partial charge on any atom is 0.343 e. The summed E-state index contributed by atoms with van der Waals surface area (Å²) < 4.78 is 10.3. The van der Waals surface area contributed by atoms with Crippen LogP contribution >= 0.6 is 27.5 Å². The number of nitrogens with zero attached hydrogens (tertiary/aromatic N) is 1. The van der Waals surface area contributed by atoms with E-state index >= 15 is 0 Å². The number of hydrogen-bond acceptors (Lipinski definition) is 6. The van der Waals surface area contributed by atoms with E-state index in [1.54, 1.807) is 18.2 Å². The first-order valence-corrected chi connectivity index (χ1v) is 10.5. The van der Waals surface area contributed by atoms with Gasteiger partial charge in [-0.05, 0) is 76.8 Å². The van der Waals surface area contributed by atoms with Crippen LogP contribution in [0.15, 0.2) is 40.4 Å². The van der Waals surface area contributed by atoms with Crippen LogP contribution in [0.25, 0.3) is 6.08 Å². The summed E-state index contributed by atoms with van der Waals surface area (Å²) >= 11 is 9.55. The zero-order valence-electron chi connectivity index (χ0n) is 17.3. The van der Waals surface area contributed by atoms with Crippen molar-refractivity contribution in [2.24, 2.45) is 0 Å². The fourth-order valence-electron chi connectivity index (χ4n) is 3.13. The number of anilines is 1. The fraction of sp³-hybridized carbons (Fsp3) is 0.182. The molecule has 1 saturated heterocycles. The molecule has 0 radical (unpaired) electrons. The summed E-state index contributed by atoms with van der Waals surface area (Å²) in [5, 5.41) is 2.33. The molecule has 2 aromatic carbocycles. The molecular formula is C22H18BrClN2O6. The van der Waals surface area contributed by atoms with E-state index in [0.717, 1.165) is 16.0 Å². The van der Waals surface area contributed by atoms with Gasteiger partial charge in [-0.15, -0.1) is 0 Å². The van der Waals surface area contributed by atoms with E-state index in [2.05, 4.69) is 26.0 Å². The Morgan fingerprint density at radius 1 is 1.12 bits per heavy atom. The van der Waals surface area contributed by atoms with Gasteiger partial charge >= 0.3 is 12.0 Å². The summed E-state index contributed by atoms with van der Waals surface area (Å²) in [6.45, 7) is 3.34. The monoisotopic (exact) mass is 520 g/mol. The van der Waals surface area contributed by atoms with Gasteiger partial charge < -0.3 is 9.47 Å². The van der Waals surface area contributed by atoms with Gasteiger partial charge in [0.2, 0.25) is 0 Å². The zero-order valence-corrected chi connectivity index (χ0v) is 19.7. The van der Waals surface area contributed by atoms with E-state index in [-0.39, 0.29) is 23.0 Å². The van der Waals surface area contributed by atoms with Crippen LogP contribution in [0.2, 0.25) is 5.02 Å². The average Bonchev–Trinajstić information content (AvgIpc) is 2.69. The molecule has 1 heterocycles. The second-order valence-corrected chi connectivity index (χ2v) is 8.24. The summed E-state index contributed by atoms with van der Waals surface area (Å²) in [5.41, 5.74) is 2.24. The molecule has 4 amide bonds. The topological polar surface area (TPSA) is 102 Å². The number of urea groups is 1. The molecular weight excluding hydrogens is 504 g/mol. The summed E-state index contributed by atoms with van der Waals surface area (Å²) in [6, 6.07) is 7.46. The highest BCUT2D eigenvalue weighted by molar-refractivity contribution is 9.10. The molecule has 0 bridgehead atoms. The van der Waals surface area contributed by atoms with Crippen LogP contribution in [0.1, 0.15) is 16.7 Å². The number of methoxy groups -OCH3 is 1. The van der Waals surface area contributed by atoms with Crippen LogP contribution in [0.5, 0.6) is 5.75 Å². The molecule has 0 aliphatic carbocycles. The normalized spacial score (nSPS) is 15.1. The fourth-order valence-corrected chi connectivity index (χ4v) is 4.12. The third-order valence-corrected chi connectivity index (χ3v) is 5.33. The average molecular weight is 522 g/mol. The Bertz CT molecular complexity index is 1130. The van der Waals surface area contributed by atoms with E-state index in [9.17, 15) is 19.2 Å². The van der Waals surface area contributed by atoms with Crippen molar-refractivity contribution in [3.63, 3.8) is 0 Å². The van der Waals surface area contributed by atoms with Crippen molar-refractivity contribution in [3.8, 4) is 5.75 Å². The zero-order chi connectivity index (χ0) is 23.6. The first-order chi connectivity index (χ1) is 15.1. The Balaban J connectivity index is 1.96. The highest BCUT2D eigenvalue weighted by Crippen LogP contribution is 2.35. The molecule has 2 aromatic rings. The van der Waals surface area contributed by atoms with E-state index in [4.69, 9.17) is 16.3 Å².